The van der Waals surface area contributed by atoms with Crippen molar-refractivity contribution in [1.29, 1.82) is 0 Å². The number of halogens is 1. The van der Waals surface area contributed by atoms with E-state index in [-0.39, 0.29) is 36.4 Å². The third kappa shape index (κ3) is 4.82. The quantitative estimate of drug-likeness (QED) is 0.817. The van der Waals surface area contributed by atoms with Crippen molar-refractivity contribution in [3.8, 4) is 0 Å². The van der Waals surface area contributed by atoms with Gasteiger partial charge in [0.05, 0.1) is 12.1 Å². The molecule has 0 bridgehead atoms. The van der Waals surface area contributed by atoms with Gasteiger partial charge in [-0.25, -0.2) is 0 Å². The summed E-state index contributed by atoms with van der Waals surface area (Å²) in [6.45, 7) is 5.56. The summed E-state index contributed by atoms with van der Waals surface area (Å²) in [6, 6.07) is -0.378. The molecule has 2 N–H and O–H groups in total. The van der Waals surface area contributed by atoms with Crippen LogP contribution in [0.5, 0.6) is 0 Å². The lowest BCUT2D eigenvalue weighted by Crippen LogP contribution is -2.47. The molecular formula is C12H25ClN2O2. The van der Waals surface area contributed by atoms with E-state index in [1.54, 1.807) is 4.90 Å². The van der Waals surface area contributed by atoms with Gasteiger partial charge in [0.15, 0.2) is 0 Å². The van der Waals surface area contributed by atoms with E-state index in [1.165, 1.54) is 0 Å². The maximum Gasteiger partial charge on any atom is 0.239 e. The highest BCUT2D eigenvalue weighted by Crippen LogP contribution is 2.14. The molecule has 1 amide bonds. The maximum atomic E-state index is 12.0. The molecule has 17 heavy (non-hydrogen) atoms. The fourth-order valence-corrected chi connectivity index (χ4v) is 1.94. The third-order valence-electron chi connectivity index (χ3n) is 3.42. The summed E-state index contributed by atoms with van der Waals surface area (Å²) < 4.78 is 5.51. The highest BCUT2D eigenvalue weighted by Gasteiger charge is 2.25. The number of likely N-dealkylation sites (N-methyl/N-ethyl adjacent to an activating group) is 1. The Balaban J connectivity index is 0.00000256. The molecule has 0 radical (unpaired) electrons. The van der Waals surface area contributed by atoms with Crippen molar-refractivity contribution in [2.75, 3.05) is 20.2 Å². The number of carbonyl (C=O) groups is 1. The second-order valence-corrected chi connectivity index (χ2v) is 4.77. The van der Waals surface area contributed by atoms with Crippen LogP contribution in [0.4, 0.5) is 0 Å². The highest BCUT2D eigenvalue weighted by molar-refractivity contribution is 5.85. The topological polar surface area (TPSA) is 55.6 Å². The summed E-state index contributed by atoms with van der Waals surface area (Å²) in [5.74, 6) is 0.268. The van der Waals surface area contributed by atoms with Crippen molar-refractivity contribution in [1.82, 2.24) is 4.90 Å². The highest BCUT2D eigenvalue weighted by atomic mass is 35.5. The van der Waals surface area contributed by atoms with Gasteiger partial charge in [-0.05, 0) is 18.8 Å². The third-order valence-corrected chi connectivity index (χ3v) is 3.42. The molecule has 3 atom stereocenters. The molecule has 0 spiro atoms. The van der Waals surface area contributed by atoms with E-state index >= 15 is 0 Å². The SMILES string of the molecule is CCC(C)C(N)C(=O)N(C)CC1CCCO1.Cl. The van der Waals surface area contributed by atoms with Crippen LogP contribution in [0.1, 0.15) is 33.1 Å². The van der Waals surface area contributed by atoms with Crippen LogP contribution in [-0.2, 0) is 9.53 Å². The molecule has 0 aromatic heterocycles. The van der Waals surface area contributed by atoms with Crippen molar-refractivity contribution in [3.63, 3.8) is 0 Å². The van der Waals surface area contributed by atoms with Crippen LogP contribution < -0.4 is 5.73 Å². The molecule has 1 fully saturated rings. The minimum Gasteiger partial charge on any atom is -0.376 e. The first-order valence-corrected chi connectivity index (χ1v) is 6.18. The van der Waals surface area contributed by atoms with Crippen LogP contribution in [0, 0.1) is 5.92 Å². The molecule has 1 saturated heterocycles. The number of amides is 1. The Bertz CT molecular complexity index is 233. The zero-order chi connectivity index (χ0) is 12.1. The van der Waals surface area contributed by atoms with Gasteiger partial charge in [-0.1, -0.05) is 20.3 Å². The fraction of sp³-hybridized carbons (Fsp3) is 0.917. The Morgan fingerprint density at radius 1 is 1.59 bits per heavy atom. The molecule has 4 nitrogen and oxygen atoms in total. The number of nitrogens with two attached hydrogens (primary N) is 1. The largest absolute Gasteiger partial charge is 0.376 e. The average molecular weight is 265 g/mol. The van der Waals surface area contributed by atoms with Crippen LogP contribution in [0.25, 0.3) is 0 Å². The van der Waals surface area contributed by atoms with Crippen molar-refractivity contribution in [2.45, 2.75) is 45.3 Å². The fourth-order valence-electron chi connectivity index (χ4n) is 1.94. The van der Waals surface area contributed by atoms with Gasteiger partial charge in [-0.2, -0.15) is 0 Å². The summed E-state index contributed by atoms with van der Waals surface area (Å²) >= 11 is 0. The maximum absolute atomic E-state index is 12.0. The average Bonchev–Trinajstić information content (AvgIpc) is 2.78. The second-order valence-electron chi connectivity index (χ2n) is 4.77. The molecule has 5 heteroatoms. The van der Waals surface area contributed by atoms with E-state index in [2.05, 4.69) is 6.92 Å². The van der Waals surface area contributed by atoms with Crippen LogP contribution in [0.3, 0.4) is 0 Å². The minimum absolute atomic E-state index is 0. The molecule has 1 heterocycles. The molecule has 1 aliphatic heterocycles. The molecule has 1 rings (SSSR count). The zero-order valence-corrected chi connectivity index (χ0v) is 11.8. The Morgan fingerprint density at radius 2 is 2.24 bits per heavy atom. The Morgan fingerprint density at radius 3 is 2.71 bits per heavy atom. The number of rotatable bonds is 5. The molecule has 0 aromatic rings. The smallest absolute Gasteiger partial charge is 0.239 e. The first kappa shape index (κ1) is 16.7. The molecule has 0 aliphatic carbocycles. The Labute approximate surface area is 110 Å². The first-order valence-electron chi connectivity index (χ1n) is 6.18. The van der Waals surface area contributed by atoms with E-state index in [0.29, 0.717) is 6.54 Å². The van der Waals surface area contributed by atoms with Crippen LogP contribution >= 0.6 is 12.4 Å². The van der Waals surface area contributed by atoms with E-state index in [0.717, 1.165) is 25.9 Å². The van der Waals surface area contributed by atoms with Gasteiger partial charge in [0.25, 0.3) is 0 Å². The van der Waals surface area contributed by atoms with Crippen LogP contribution in [-0.4, -0.2) is 43.2 Å². The van der Waals surface area contributed by atoms with Crippen molar-refractivity contribution in [2.24, 2.45) is 11.7 Å². The summed E-state index contributed by atoms with van der Waals surface area (Å²) in [7, 11) is 1.81. The van der Waals surface area contributed by atoms with Gasteiger partial charge < -0.3 is 15.4 Å². The standard InChI is InChI=1S/C12H24N2O2.ClH/c1-4-9(2)11(13)12(15)14(3)8-10-6-5-7-16-10;/h9-11H,4-8,13H2,1-3H3;1H. The number of hydrogen-bond donors (Lipinski definition) is 1. The van der Waals surface area contributed by atoms with E-state index in [4.69, 9.17) is 10.5 Å². The lowest BCUT2D eigenvalue weighted by molar-refractivity contribution is -0.133. The van der Waals surface area contributed by atoms with Gasteiger partial charge >= 0.3 is 0 Å². The van der Waals surface area contributed by atoms with Gasteiger partial charge in [0.1, 0.15) is 0 Å². The lowest BCUT2D eigenvalue weighted by Gasteiger charge is -2.26. The van der Waals surface area contributed by atoms with Gasteiger partial charge in [0.2, 0.25) is 5.91 Å². The van der Waals surface area contributed by atoms with E-state index in [9.17, 15) is 4.79 Å². The molecule has 102 valence electrons. The number of carbonyl (C=O) groups excluding carboxylic acids is 1. The van der Waals surface area contributed by atoms with Crippen LogP contribution in [0.15, 0.2) is 0 Å². The monoisotopic (exact) mass is 264 g/mol. The number of hydrogen-bond acceptors (Lipinski definition) is 3. The molecule has 1 aliphatic rings. The summed E-state index contributed by atoms with van der Waals surface area (Å²) in [6.07, 6.45) is 3.29. The predicted octanol–water partition coefficient (Wildman–Crippen LogP) is 1.42. The van der Waals surface area contributed by atoms with Gasteiger partial charge in [-0.15, -0.1) is 12.4 Å². The first-order chi connectivity index (χ1) is 7.56. The second kappa shape index (κ2) is 7.90. The Kier molecular flexibility index (Phi) is 7.75. The number of ether oxygens (including phenoxy) is 1. The van der Waals surface area contributed by atoms with Crippen molar-refractivity contribution in [3.05, 3.63) is 0 Å². The lowest BCUT2D eigenvalue weighted by atomic mass is 9.99. The summed E-state index contributed by atoms with van der Waals surface area (Å²) in [5, 5.41) is 0. The van der Waals surface area contributed by atoms with Crippen molar-refractivity contribution < 1.29 is 9.53 Å². The zero-order valence-electron chi connectivity index (χ0n) is 11.0. The molecule has 3 unspecified atom stereocenters. The molecule has 0 saturated carbocycles. The predicted molar refractivity (Wildman–Crippen MR) is 71.3 cm³/mol. The van der Waals surface area contributed by atoms with Gasteiger partial charge in [-0.3, -0.25) is 4.79 Å². The van der Waals surface area contributed by atoms with Crippen molar-refractivity contribution >= 4 is 18.3 Å². The van der Waals surface area contributed by atoms with E-state index < -0.39 is 0 Å². The van der Waals surface area contributed by atoms with Gasteiger partial charge in [0, 0.05) is 20.2 Å². The molecule has 0 aromatic carbocycles. The molecular weight excluding hydrogens is 240 g/mol. The minimum atomic E-state index is -0.378. The Hall–Kier alpha value is -0.320. The summed E-state index contributed by atoms with van der Waals surface area (Å²) in [4.78, 5) is 13.7. The normalized spacial score (nSPS) is 22.7. The number of nitrogens with zero attached hydrogens (tertiary/aromatic N) is 1. The van der Waals surface area contributed by atoms with E-state index in [1.807, 2.05) is 14.0 Å². The summed E-state index contributed by atoms with van der Waals surface area (Å²) in [5.41, 5.74) is 5.91. The van der Waals surface area contributed by atoms with Crippen LogP contribution in [0.2, 0.25) is 0 Å².